The van der Waals surface area contributed by atoms with Crippen LogP contribution in [0.4, 0.5) is 5.69 Å². The molecule has 0 unspecified atom stereocenters. The Hall–Kier alpha value is -2.99. The lowest BCUT2D eigenvalue weighted by Gasteiger charge is -2.14. The zero-order valence-corrected chi connectivity index (χ0v) is 20.0. The number of hydrogen-bond acceptors (Lipinski definition) is 7. The van der Waals surface area contributed by atoms with Crippen LogP contribution in [0.1, 0.15) is 12.5 Å². The second kappa shape index (κ2) is 9.87. The van der Waals surface area contributed by atoms with Crippen LogP contribution in [0.15, 0.2) is 82.2 Å². The van der Waals surface area contributed by atoms with Gasteiger partial charge in [0.1, 0.15) is 0 Å². The molecule has 0 aliphatic carbocycles. The number of thioether (sulfide) groups is 1. The number of amides is 1. The maximum absolute atomic E-state index is 12.8. The van der Waals surface area contributed by atoms with E-state index >= 15 is 0 Å². The highest BCUT2D eigenvalue weighted by atomic mass is 32.2. The van der Waals surface area contributed by atoms with Crippen molar-refractivity contribution in [1.82, 2.24) is 14.8 Å². The van der Waals surface area contributed by atoms with E-state index < -0.39 is 15.3 Å². The second-order valence-electron chi connectivity index (χ2n) is 7.17. The number of nitrogens with one attached hydrogen (secondary N) is 1. The largest absolute Gasteiger partial charge is 0.325 e. The van der Waals surface area contributed by atoms with Crippen molar-refractivity contribution >= 4 is 44.7 Å². The number of carbonyl (C=O) groups is 1. The predicted molar refractivity (Wildman–Crippen MR) is 131 cm³/mol. The maximum atomic E-state index is 12.8. The molecule has 0 bridgehead atoms. The van der Waals surface area contributed by atoms with E-state index in [9.17, 15) is 13.2 Å². The third-order valence-electron chi connectivity index (χ3n) is 4.74. The zero-order chi connectivity index (χ0) is 23.4. The molecular weight excluding hydrogens is 478 g/mol. The number of anilines is 1. The molecule has 4 rings (SSSR count). The van der Waals surface area contributed by atoms with Gasteiger partial charge in [0.15, 0.2) is 11.0 Å². The number of sulfonamides is 1. The summed E-state index contributed by atoms with van der Waals surface area (Å²) in [6, 6.07) is 19.7. The lowest BCUT2D eigenvalue weighted by molar-refractivity contribution is -0.115. The highest BCUT2D eigenvalue weighted by Crippen LogP contribution is 2.30. The zero-order valence-electron chi connectivity index (χ0n) is 17.6. The summed E-state index contributed by atoms with van der Waals surface area (Å²) >= 11 is 2.89. The molecule has 33 heavy (non-hydrogen) atoms. The summed E-state index contributed by atoms with van der Waals surface area (Å²) in [5.41, 5.74) is 1.58. The summed E-state index contributed by atoms with van der Waals surface area (Å²) in [5, 5.41) is 18.8. The van der Waals surface area contributed by atoms with Crippen LogP contribution >= 0.6 is 23.1 Å². The van der Waals surface area contributed by atoms with Gasteiger partial charge in [-0.1, -0.05) is 48.2 Å². The topological polar surface area (TPSA) is 120 Å². The van der Waals surface area contributed by atoms with E-state index in [0.29, 0.717) is 17.4 Å². The Morgan fingerprint density at radius 2 is 1.82 bits per heavy atom. The van der Waals surface area contributed by atoms with Gasteiger partial charge in [0.2, 0.25) is 15.9 Å². The summed E-state index contributed by atoms with van der Waals surface area (Å²) in [6.07, 6.45) is 0. The van der Waals surface area contributed by atoms with Gasteiger partial charge >= 0.3 is 0 Å². The van der Waals surface area contributed by atoms with Gasteiger partial charge in [-0.3, -0.25) is 9.36 Å². The number of nitrogens with two attached hydrogens (primary N) is 1. The van der Waals surface area contributed by atoms with Gasteiger partial charge in [0.05, 0.1) is 21.6 Å². The summed E-state index contributed by atoms with van der Waals surface area (Å²) in [6.45, 7) is 2.36. The van der Waals surface area contributed by atoms with Gasteiger partial charge in [-0.05, 0) is 48.2 Å². The fraction of sp³-hybridized carbons (Fsp3) is 0.136. The first-order chi connectivity index (χ1) is 15.8. The highest BCUT2D eigenvalue weighted by molar-refractivity contribution is 8.00. The van der Waals surface area contributed by atoms with Crippen LogP contribution in [0, 0.1) is 0 Å². The van der Waals surface area contributed by atoms with E-state index in [1.165, 1.54) is 36.0 Å². The lowest BCUT2D eigenvalue weighted by Crippen LogP contribution is -2.23. The van der Waals surface area contributed by atoms with Crippen LogP contribution in [0.3, 0.4) is 0 Å². The third-order valence-corrected chi connectivity index (χ3v) is 7.62. The molecule has 2 heterocycles. The van der Waals surface area contributed by atoms with Crippen LogP contribution in [-0.4, -0.2) is 34.3 Å². The van der Waals surface area contributed by atoms with Crippen molar-refractivity contribution in [3.63, 3.8) is 0 Å². The molecule has 1 atom stereocenters. The summed E-state index contributed by atoms with van der Waals surface area (Å²) in [5.74, 6) is 0.512. The smallest absolute Gasteiger partial charge is 0.238 e. The number of carbonyl (C=O) groups excluding carboxylic acids is 1. The summed E-state index contributed by atoms with van der Waals surface area (Å²) in [7, 11) is -3.79. The molecule has 0 saturated carbocycles. The number of primary sulfonamides is 1. The molecule has 11 heteroatoms. The standard InChI is InChI=1S/C22H21N5O3S3/c1-15(21(28)24-17-9-11-18(12-10-17)33(23,29)30)32-22-26-25-20(19-8-5-13-31-19)27(22)14-16-6-3-2-4-7-16/h2-13,15H,14H2,1H3,(H,24,28)(H2,23,29,30)/t15-/m1/s1. The first kappa shape index (κ1) is 23.2. The fourth-order valence-electron chi connectivity index (χ4n) is 3.06. The van der Waals surface area contributed by atoms with Gasteiger partial charge < -0.3 is 5.32 Å². The molecular formula is C22H21N5O3S3. The Bertz CT molecular complexity index is 1340. The number of aromatic nitrogens is 3. The molecule has 2 aromatic heterocycles. The lowest BCUT2D eigenvalue weighted by atomic mass is 10.2. The first-order valence-corrected chi connectivity index (χ1v) is 13.2. The van der Waals surface area contributed by atoms with Crippen LogP contribution in [0.25, 0.3) is 10.7 Å². The monoisotopic (exact) mass is 499 g/mol. The van der Waals surface area contributed by atoms with E-state index in [2.05, 4.69) is 15.5 Å². The van der Waals surface area contributed by atoms with Crippen molar-refractivity contribution < 1.29 is 13.2 Å². The normalized spacial score (nSPS) is 12.4. The summed E-state index contributed by atoms with van der Waals surface area (Å²) in [4.78, 5) is 13.8. The molecule has 0 aliphatic rings. The highest BCUT2D eigenvalue weighted by Gasteiger charge is 2.22. The van der Waals surface area contributed by atoms with Gasteiger partial charge in [-0.2, -0.15) is 0 Å². The van der Waals surface area contributed by atoms with Crippen molar-refractivity contribution in [1.29, 1.82) is 0 Å². The van der Waals surface area contributed by atoms with E-state index in [4.69, 9.17) is 5.14 Å². The van der Waals surface area contributed by atoms with Gasteiger partial charge in [0, 0.05) is 5.69 Å². The van der Waals surface area contributed by atoms with Gasteiger partial charge in [-0.25, -0.2) is 13.6 Å². The maximum Gasteiger partial charge on any atom is 0.238 e. The number of nitrogens with zero attached hydrogens (tertiary/aromatic N) is 3. The Morgan fingerprint density at radius 3 is 2.45 bits per heavy atom. The van der Waals surface area contributed by atoms with E-state index in [0.717, 1.165) is 16.3 Å². The minimum atomic E-state index is -3.79. The van der Waals surface area contributed by atoms with E-state index in [1.807, 2.05) is 52.4 Å². The SMILES string of the molecule is C[C@@H](Sc1nnc(-c2cccs2)n1Cc1ccccc1)C(=O)Nc1ccc(S(N)(=O)=O)cc1. The minimum absolute atomic E-state index is 0.0157. The molecule has 170 valence electrons. The van der Waals surface area contributed by atoms with Crippen molar-refractivity contribution in [2.45, 2.75) is 28.8 Å². The molecule has 0 aliphatic heterocycles. The fourth-order valence-corrected chi connectivity index (χ4v) is 5.14. The molecule has 3 N–H and O–H groups in total. The molecule has 4 aromatic rings. The Kier molecular flexibility index (Phi) is 6.94. The second-order valence-corrected chi connectivity index (χ2v) is 11.0. The van der Waals surface area contributed by atoms with Gasteiger partial charge in [-0.15, -0.1) is 21.5 Å². The van der Waals surface area contributed by atoms with Crippen molar-refractivity contribution in [3.8, 4) is 10.7 Å². The average Bonchev–Trinajstić information content (AvgIpc) is 3.45. The van der Waals surface area contributed by atoms with Crippen LogP contribution in [0.5, 0.6) is 0 Å². The quantitative estimate of drug-likeness (QED) is 0.356. The Balaban J connectivity index is 1.52. The number of benzene rings is 2. The van der Waals surface area contributed by atoms with Crippen molar-refractivity contribution in [2.24, 2.45) is 5.14 Å². The molecule has 0 spiro atoms. The van der Waals surface area contributed by atoms with Crippen molar-refractivity contribution in [2.75, 3.05) is 5.32 Å². The molecule has 0 radical (unpaired) electrons. The molecule has 2 aromatic carbocycles. The third kappa shape index (κ3) is 5.69. The molecule has 1 amide bonds. The van der Waals surface area contributed by atoms with Crippen LogP contribution in [0.2, 0.25) is 0 Å². The molecule has 0 saturated heterocycles. The number of thiophene rings is 1. The van der Waals surface area contributed by atoms with Crippen molar-refractivity contribution in [3.05, 3.63) is 77.7 Å². The van der Waals surface area contributed by atoms with Crippen LogP contribution < -0.4 is 10.5 Å². The van der Waals surface area contributed by atoms with Gasteiger partial charge in [0.25, 0.3) is 0 Å². The average molecular weight is 500 g/mol. The van der Waals surface area contributed by atoms with E-state index in [-0.39, 0.29) is 10.8 Å². The Labute approximate surface area is 199 Å². The van der Waals surface area contributed by atoms with E-state index in [1.54, 1.807) is 18.3 Å². The number of rotatable bonds is 8. The molecule has 8 nitrogen and oxygen atoms in total. The molecule has 0 fully saturated rings. The number of hydrogen-bond donors (Lipinski definition) is 2. The summed E-state index contributed by atoms with van der Waals surface area (Å²) < 4.78 is 24.8. The Morgan fingerprint density at radius 1 is 1.09 bits per heavy atom. The predicted octanol–water partition coefficient (Wildman–Crippen LogP) is 3.82. The first-order valence-electron chi connectivity index (χ1n) is 9.92. The minimum Gasteiger partial charge on any atom is -0.325 e. The van der Waals surface area contributed by atoms with Crippen LogP contribution in [-0.2, 0) is 21.4 Å².